The number of unbranched alkanes of at least 4 members (excludes halogenated alkanes) is 3. The van der Waals surface area contributed by atoms with Gasteiger partial charge in [-0.1, -0.05) is 18.2 Å². The number of likely N-dealkylation sites (tertiary alicyclic amines) is 2. The summed E-state index contributed by atoms with van der Waals surface area (Å²) in [5.41, 5.74) is 37.7. The molecule has 2 saturated heterocycles. The molecule has 41 nitrogen and oxygen atoms in total. The Bertz CT molecular complexity index is 3960. The summed E-state index contributed by atoms with van der Waals surface area (Å²) in [4.78, 5) is 215. The number of benzene rings is 1. The number of aromatic nitrogens is 7. The minimum absolute atomic E-state index is 0.0149. The molecule has 7 rings (SSSR count). The van der Waals surface area contributed by atoms with Crippen molar-refractivity contribution in [3.05, 3.63) is 90.7 Å². The second-order valence-corrected chi connectivity index (χ2v) is 27.8. The molecule has 112 heavy (non-hydrogen) atoms. The predicted molar refractivity (Wildman–Crippen MR) is 404 cm³/mol. The summed E-state index contributed by atoms with van der Waals surface area (Å²) in [6.45, 7) is 1.77. The van der Waals surface area contributed by atoms with Crippen molar-refractivity contribution in [1.29, 1.82) is 0 Å². The van der Waals surface area contributed by atoms with E-state index in [1.54, 1.807) is 12.4 Å². The van der Waals surface area contributed by atoms with Crippen molar-refractivity contribution in [2.75, 3.05) is 39.3 Å². The van der Waals surface area contributed by atoms with Crippen molar-refractivity contribution in [2.45, 2.75) is 214 Å². The van der Waals surface area contributed by atoms with Crippen LogP contribution in [0.4, 0.5) is 0 Å². The molecule has 2 aliphatic heterocycles. The van der Waals surface area contributed by atoms with Crippen LogP contribution in [0.3, 0.4) is 0 Å². The molecule has 0 saturated carbocycles. The number of aliphatic carboxylic acids is 2. The van der Waals surface area contributed by atoms with Gasteiger partial charge in [0, 0.05) is 98.1 Å². The minimum atomic E-state index is -1.92. The van der Waals surface area contributed by atoms with Crippen molar-refractivity contribution >= 4 is 93.8 Å². The molecule has 13 atom stereocenters. The van der Waals surface area contributed by atoms with E-state index in [0.29, 0.717) is 48.3 Å². The molecule has 4 aromatic heterocycles. The van der Waals surface area contributed by atoms with Gasteiger partial charge in [-0.15, -0.1) is 0 Å². The van der Waals surface area contributed by atoms with Gasteiger partial charge in [0.2, 0.25) is 65.0 Å². The summed E-state index contributed by atoms with van der Waals surface area (Å²) >= 11 is 0. The molecule has 0 aliphatic carbocycles. The number of carbonyl (C=O) groups is 13. The number of aliphatic hydroxyl groups is 1. The lowest BCUT2D eigenvalue weighted by Gasteiger charge is -2.31. The average Bonchev–Trinajstić information content (AvgIpc) is 1.65. The Morgan fingerprint density at radius 1 is 0.509 bits per heavy atom. The predicted octanol–water partition coefficient (Wildman–Crippen LogP) is -5.34. The number of aromatic amines is 4. The van der Waals surface area contributed by atoms with Crippen molar-refractivity contribution in [3.8, 4) is 0 Å². The number of para-hydroxylation sites is 1. The fourth-order valence-corrected chi connectivity index (χ4v) is 13.4. The first-order chi connectivity index (χ1) is 53.7. The first kappa shape index (κ1) is 87.8. The number of H-pyrrole nitrogens is 4. The van der Waals surface area contributed by atoms with Gasteiger partial charge in [0.25, 0.3) is 0 Å². The van der Waals surface area contributed by atoms with Gasteiger partial charge in [0.1, 0.15) is 60.4 Å². The number of hydrogen-bond acceptors (Lipinski definition) is 22. The lowest BCUT2D eigenvalue weighted by atomic mass is 10.0. The van der Waals surface area contributed by atoms with Crippen LogP contribution >= 0.6 is 0 Å². The van der Waals surface area contributed by atoms with Gasteiger partial charge in [0.05, 0.1) is 37.5 Å². The zero-order chi connectivity index (χ0) is 81.4. The van der Waals surface area contributed by atoms with Crippen LogP contribution in [0.5, 0.6) is 0 Å². The summed E-state index contributed by atoms with van der Waals surface area (Å²) in [6, 6.07) is -10.0. The number of nitrogens with zero attached hydrogens (tertiary/aromatic N) is 6. The van der Waals surface area contributed by atoms with Crippen LogP contribution in [-0.2, 0) is 88.0 Å². The number of hydrogen-bond donors (Lipinski definition) is 22. The van der Waals surface area contributed by atoms with E-state index in [4.69, 9.17) is 34.4 Å². The molecule has 2 fully saturated rings. The number of aliphatic imine (C=N–C) groups is 1. The molecule has 612 valence electrons. The molecule has 11 amide bonds. The van der Waals surface area contributed by atoms with E-state index in [1.807, 2.05) is 24.3 Å². The number of nitrogens with two attached hydrogens (primary N) is 6. The second kappa shape index (κ2) is 44.4. The number of rotatable bonds is 48. The number of amides is 11. The van der Waals surface area contributed by atoms with Gasteiger partial charge >= 0.3 is 11.9 Å². The van der Waals surface area contributed by atoms with Gasteiger partial charge in [0.15, 0.2) is 12.0 Å². The largest absolute Gasteiger partial charge is 0.481 e. The molecule has 2 aliphatic rings. The Morgan fingerprint density at radius 3 is 1.38 bits per heavy atom. The van der Waals surface area contributed by atoms with Crippen LogP contribution in [0.2, 0.25) is 0 Å². The Hall–Kier alpha value is -11.4. The highest BCUT2D eigenvalue weighted by molar-refractivity contribution is 6.00. The Kier molecular flexibility index (Phi) is 34.8. The smallest absolute Gasteiger partial charge is 0.328 e. The standard InChI is InChI=1S/C71H107N25O16/c1-39(97)58(70(111)112)94-62(103)49(17-6-9-23-74)87-60(101)50(18-10-24-81-71(76)77)89-65(106)53(31-57(98)99)92-67(108)56-20-12-26-96(56)69(110)54(30-43-35-80-38-85-43)93-61(102)48(16-5-8-22-73)86-59(100)47(15-4-7-21-72)88-64(105)52(29-42-34-79-37-84-42)90-63(104)51(27-40-32-82-46-14-3-2-13-44(40)46)91-66(107)55-19-11-25-95(55)68(109)45(75)28-41-33-78-36-83-41/h2-3,13-14,32-39,45,47-56,58,82,97H,4-12,15-31,72-75H2,1H3,(H,78,83)(H,79,84)(H,80,85)(H,86,100)(H,87,101)(H,88,105)(H,89,106)(H,90,104)(H,91,107)(H,92,108)(H,93,102)(H,94,103)(H,98,99)(H,111,112)(H4,76,77,81)/t39-,45+,47+,48+,49+,50+,51+,52+,53+,54+,55+,56+,58+/m1/s1. The third kappa shape index (κ3) is 26.7. The van der Waals surface area contributed by atoms with Gasteiger partial charge < -0.3 is 127 Å². The lowest BCUT2D eigenvalue weighted by Crippen LogP contribution is -2.61. The molecule has 41 heteroatoms. The molecule has 1 aromatic carbocycles. The number of nitrogens with one attached hydrogen (secondary N) is 13. The molecular weight excluding hydrogens is 1460 g/mol. The summed E-state index contributed by atoms with van der Waals surface area (Å²) in [5, 5.41) is 54.2. The van der Waals surface area contributed by atoms with Gasteiger partial charge in [-0.3, -0.25) is 62.5 Å². The van der Waals surface area contributed by atoms with Crippen LogP contribution < -0.4 is 82.3 Å². The number of guanidine groups is 1. The van der Waals surface area contributed by atoms with Crippen LogP contribution in [-0.4, -0.2) is 261 Å². The lowest BCUT2D eigenvalue weighted by molar-refractivity contribution is -0.145. The molecule has 0 radical (unpaired) electrons. The van der Waals surface area contributed by atoms with E-state index in [1.165, 1.54) is 36.3 Å². The van der Waals surface area contributed by atoms with E-state index < -0.39 is 162 Å². The maximum atomic E-state index is 15.1. The van der Waals surface area contributed by atoms with E-state index in [0.717, 1.165) is 22.7 Å². The van der Waals surface area contributed by atoms with Crippen molar-refractivity contribution in [1.82, 2.24) is 92.5 Å². The van der Waals surface area contributed by atoms with Gasteiger partial charge in [-0.05, 0) is 135 Å². The number of carboxylic acid groups (broad SMARTS) is 2. The number of imidazole rings is 3. The maximum Gasteiger partial charge on any atom is 0.328 e. The second-order valence-electron chi connectivity index (χ2n) is 27.8. The molecule has 28 N–H and O–H groups in total. The highest BCUT2D eigenvalue weighted by Gasteiger charge is 2.43. The Morgan fingerprint density at radius 2 is 0.920 bits per heavy atom. The zero-order valence-electron chi connectivity index (χ0n) is 62.5. The van der Waals surface area contributed by atoms with Crippen molar-refractivity contribution in [2.24, 2.45) is 39.4 Å². The number of aliphatic hydroxyl groups excluding tert-OH is 1. The summed E-state index contributed by atoms with van der Waals surface area (Å²) in [5.74, 6) is -13.0. The van der Waals surface area contributed by atoms with Crippen molar-refractivity contribution < 1.29 is 77.6 Å². The van der Waals surface area contributed by atoms with Gasteiger partial charge in [-0.25, -0.2) is 19.7 Å². The summed E-state index contributed by atoms with van der Waals surface area (Å²) < 4.78 is 0. The zero-order valence-corrected chi connectivity index (χ0v) is 62.5. The molecule has 0 unspecified atom stereocenters. The Balaban J connectivity index is 1.10. The van der Waals surface area contributed by atoms with E-state index >= 15 is 14.4 Å². The number of fused-ring (bicyclic) bond motifs is 1. The first-order valence-corrected chi connectivity index (χ1v) is 37.5. The summed E-state index contributed by atoms with van der Waals surface area (Å²) in [7, 11) is 0. The normalized spacial score (nSPS) is 17.0. The highest BCUT2D eigenvalue weighted by Crippen LogP contribution is 2.24. The van der Waals surface area contributed by atoms with E-state index in [9.17, 15) is 63.3 Å². The number of carboxylic acids is 2. The topological polar surface area (TPSA) is 668 Å². The molecule has 0 spiro atoms. The Labute approximate surface area is 644 Å². The van der Waals surface area contributed by atoms with Crippen LogP contribution in [0.25, 0.3) is 10.9 Å². The third-order valence-corrected chi connectivity index (χ3v) is 19.3. The van der Waals surface area contributed by atoms with Crippen LogP contribution in [0.15, 0.2) is 73.0 Å². The molecule has 5 aromatic rings. The fourth-order valence-electron chi connectivity index (χ4n) is 13.4. The first-order valence-electron chi connectivity index (χ1n) is 37.5. The molecule has 0 bridgehead atoms. The van der Waals surface area contributed by atoms with Crippen LogP contribution in [0.1, 0.15) is 132 Å². The third-order valence-electron chi connectivity index (χ3n) is 19.3. The average molecular weight is 1570 g/mol. The molecular formula is C71H107N25O16. The fraction of sp³-hybridized carbons (Fsp3) is 0.563. The quantitative estimate of drug-likeness (QED) is 0.00982. The minimum Gasteiger partial charge on any atom is -0.481 e. The van der Waals surface area contributed by atoms with E-state index in [2.05, 4.69) is 87.7 Å². The van der Waals surface area contributed by atoms with E-state index in [-0.39, 0.29) is 142 Å². The van der Waals surface area contributed by atoms with Gasteiger partial charge in [-0.2, -0.15) is 0 Å². The molecule has 6 heterocycles. The van der Waals surface area contributed by atoms with Crippen molar-refractivity contribution in [3.63, 3.8) is 0 Å². The summed E-state index contributed by atoms with van der Waals surface area (Å²) in [6.07, 6.45) is 9.59. The highest BCUT2D eigenvalue weighted by atomic mass is 16.4. The maximum absolute atomic E-state index is 15.1. The monoisotopic (exact) mass is 1570 g/mol. The number of carbonyl (C=O) groups excluding carboxylic acids is 11. The SMILES string of the molecule is C[C@@H](O)[C@H](NC(=O)[C@H](CCCCN)NC(=O)[C@H](CCCN=C(N)N)NC(=O)[C@H](CC(=O)O)NC(=O)[C@@H]1CCCN1C(=O)[C@H](Cc1cnc[nH]1)NC(=O)[C@H](CCCCN)NC(=O)[C@H](CCCCN)NC(=O)[C@H](Cc1cnc[nH]1)NC(=O)[C@H](Cc1c[nH]c2ccccc12)NC(=O)[C@@H]1CCCN1C(=O)[C@@H](N)Cc1cnc[nH]1)C(=O)O. The van der Waals surface area contributed by atoms with Crippen LogP contribution in [0, 0.1) is 0 Å².